The van der Waals surface area contributed by atoms with E-state index in [1.54, 1.807) is 24.3 Å². The molecule has 0 atom stereocenters. The Labute approximate surface area is 239 Å². The SMILES string of the molecule is CCOc1cc(/C=N/NC(=O)c2ccc(COc3ccc(-n4c(C)ccc4C)cc3)o2)cc(Br)c1OCC(N)=O. The molecule has 0 aliphatic rings. The molecule has 0 spiro atoms. The summed E-state index contributed by atoms with van der Waals surface area (Å²) >= 11 is 3.39. The number of aromatic nitrogens is 1. The molecule has 40 heavy (non-hydrogen) atoms. The number of ether oxygens (including phenoxy) is 3. The fourth-order valence-electron chi connectivity index (χ4n) is 3.93. The van der Waals surface area contributed by atoms with Gasteiger partial charge in [0, 0.05) is 17.1 Å². The summed E-state index contributed by atoms with van der Waals surface area (Å²) < 4.78 is 25.2. The molecular formula is C29H29BrN4O6. The third-order valence-corrected chi connectivity index (χ3v) is 6.29. The number of hydrogen-bond donors (Lipinski definition) is 2. The maximum Gasteiger partial charge on any atom is 0.307 e. The van der Waals surface area contributed by atoms with Gasteiger partial charge in [-0.25, -0.2) is 5.43 Å². The van der Waals surface area contributed by atoms with Gasteiger partial charge < -0.3 is 28.9 Å². The summed E-state index contributed by atoms with van der Waals surface area (Å²) in [6, 6.07) is 18.5. The molecule has 4 rings (SSSR count). The first kappa shape index (κ1) is 28.5. The number of carbonyl (C=O) groups excluding carboxylic acids is 2. The number of hydrogen-bond acceptors (Lipinski definition) is 7. The van der Waals surface area contributed by atoms with Gasteiger partial charge >= 0.3 is 5.91 Å². The average molecular weight is 609 g/mol. The second-order valence-electron chi connectivity index (χ2n) is 8.72. The van der Waals surface area contributed by atoms with Gasteiger partial charge in [0.1, 0.15) is 18.1 Å². The second kappa shape index (κ2) is 13.0. The van der Waals surface area contributed by atoms with Crippen molar-refractivity contribution in [1.82, 2.24) is 9.99 Å². The normalized spacial score (nSPS) is 11.0. The van der Waals surface area contributed by atoms with Crippen LogP contribution < -0.4 is 25.4 Å². The van der Waals surface area contributed by atoms with E-state index < -0.39 is 11.8 Å². The van der Waals surface area contributed by atoms with Crippen molar-refractivity contribution in [3.63, 3.8) is 0 Å². The Kier molecular flexibility index (Phi) is 9.28. The zero-order chi connectivity index (χ0) is 28.6. The van der Waals surface area contributed by atoms with E-state index in [9.17, 15) is 9.59 Å². The Balaban J connectivity index is 1.33. The van der Waals surface area contributed by atoms with Gasteiger partial charge in [0.15, 0.2) is 23.9 Å². The fourth-order valence-corrected chi connectivity index (χ4v) is 4.50. The molecule has 2 aromatic heterocycles. The van der Waals surface area contributed by atoms with Crippen molar-refractivity contribution in [2.45, 2.75) is 27.4 Å². The van der Waals surface area contributed by atoms with Crippen LogP contribution in [0.15, 0.2) is 74.7 Å². The molecule has 0 fully saturated rings. The molecule has 3 N–H and O–H groups in total. The molecule has 2 heterocycles. The molecule has 0 saturated carbocycles. The number of nitrogens with one attached hydrogen (secondary N) is 1. The third-order valence-electron chi connectivity index (χ3n) is 5.70. The van der Waals surface area contributed by atoms with Crippen LogP contribution in [0.25, 0.3) is 5.69 Å². The highest BCUT2D eigenvalue weighted by Gasteiger charge is 2.14. The van der Waals surface area contributed by atoms with Crippen LogP contribution in [0.5, 0.6) is 17.2 Å². The van der Waals surface area contributed by atoms with Crippen molar-refractivity contribution >= 4 is 34.0 Å². The van der Waals surface area contributed by atoms with Gasteiger partial charge in [0.05, 0.1) is 17.3 Å². The molecule has 208 valence electrons. The van der Waals surface area contributed by atoms with E-state index in [2.05, 4.69) is 57.0 Å². The van der Waals surface area contributed by atoms with Crippen LogP contribution >= 0.6 is 15.9 Å². The highest BCUT2D eigenvalue weighted by atomic mass is 79.9. The van der Waals surface area contributed by atoms with E-state index in [0.29, 0.717) is 39.7 Å². The Hall–Kier alpha value is -4.51. The number of rotatable bonds is 12. The minimum absolute atomic E-state index is 0.0936. The zero-order valence-electron chi connectivity index (χ0n) is 22.3. The number of hydrazone groups is 1. The van der Waals surface area contributed by atoms with E-state index >= 15 is 0 Å². The van der Waals surface area contributed by atoms with Crippen LogP contribution in [0.1, 0.15) is 40.2 Å². The summed E-state index contributed by atoms with van der Waals surface area (Å²) in [7, 11) is 0. The van der Waals surface area contributed by atoms with Gasteiger partial charge in [-0.2, -0.15) is 5.10 Å². The Bertz CT molecular complexity index is 1500. The van der Waals surface area contributed by atoms with Crippen LogP contribution in [0.2, 0.25) is 0 Å². The smallest absolute Gasteiger partial charge is 0.307 e. The topological polar surface area (TPSA) is 130 Å². The van der Waals surface area contributed by atoms with Crippen LogP contribution in [-0.4, -0.2) is 35.8 Å². The molecule has 10 nitrogen and oxygen atoms in total. The van der Waals surface area contributed by atoms with Crippen molar-refractivity contribution in [2.24, 2.45) is 10.8 Å². The van der Waals surface area contributed by atoms with Gasteiger partial charge in [0.25, 0.3) is 5.91 Å². The van der Waals surface area contributed by atoms with Crippen molar-refractivity contribution in [3.05, 3.63) is 93.6 Å². The maximum absolute atomic E-state index is 12.5. The second-order valence-corrected chi connectivity index (χ2v) is 9.57. The molecule has 0 aliphatic carbocycles. The lowest BCUT2D eigenvalue weighted by Gasteiger charge is -2.13. The van der Waals surface area contributed by atoms with Crippen molar-refractivity contribution < 1.29 is 28.2 Å². The predicted octanol–water partition coefficient (Wildman–Crippen LogP) is 5.06. The molecule has 0 radical (unpaired) electrons. The van der Waals surface area contributed by atoms with Gasteiger partial charge in [-0.3, -0.25) is 9.59 Å². The number of nitrogens with zero attached hydrogens (tertiary/aromatic N) is 2. The van der Waals surface area contributed by atoms with Gasteiger partial charge in [0.2, 0.25) is 0 Å². The third kappa shape index (κ3) is 7.11. The summed E-state index contributed by atoms with van der Waals surface area (Å²) in [5.74, 6) is 0.878. The molecule has 11 heteroatoms. The Morgan fingerprint density at radius 2 is 1.75 bits per heavy atom. The minimum Gasteiger partial charge on any atom is -0.490 e. The molecule has 2 aromatic carbocycles. The molecule has 0 unspecified atom stereocenters. The quantitative estimate of drug-likeness (QED) is 0.171. The van der Waals surface area contributed by atoms with E-state index in [-0.39, 0.29) is 19.0 Å². The maximum atomic E-state index is 12.5. The van der Waals surface area contributed by atoms with Crippen LogP contribution in [0, 0.1) is 13.8 Å². The van der Waals surface area contributed by atoms with Gasteiger partial charge in [-0.15, -0.1) is 0 Å². The molecule has 0 aliphatic heterocycles. The molecular weight excluding hydrogens is 580 g/mol. The van der Waals surface area contributed by atoms with E-state index in [1.807, 2.05) is 31.2 Å². The summed E-state index contributed by atoms with van der Waals surface area (Å²) in [5.41, 5.74) is 11.6. The first-order chi connectivity index (χ1) is 19.2. The number of primary amides is 1. The number of nitrogens with two attached hydrogens (primary N) is 1. The lowest BCUT2D eigenvalue weighted by atomic mass is 10.2. The summed E-state index contributed by atoms with van der Waals surface area (Å²) in [5, 5.41) is 4.00. The number of amides is 2. The standard InChI is InChI=1S/C29H29BrN4O6/c1-4-37-26-14-20(13-24(30)28(26)39-17-27(31)35)15-32-33-29(36)25-12-11-23(40-25)16-38-22-9-7-21(8-10-22)34-18(2)5-6-19(34)3/h5-15H,4,16-17H2,1-3H3,(H2,31,35)(H,33,36)/b32-15+. The molecule has 4 aromatic rings. The molecule has 0 bridgehead atoms. The highest BCUT2D eigenvalue weighted by Crippen LogP contribution is 2.36. The van der Waals surface area contributed by atoms with Gasteiger partial charge in [-0.05, 0) is 103 Å². The lowest BCUT2D eigenvalue weighted by Crippen LogP contribution is -2.20. The van der Waals surface area contributed by atoms with Crippen molar-refractivity contribution in [2.75, 3.05) is 13.2 Å². The minimum atomic E-state index is -0.609. The monoisotopic (exact) mass is 608 g/mol. The van der Waals surface area contributed by atoms with E-state index in [0.717, 1.165) is 17.1 Å². The van der Waals surface area contributed by atoms with Crippen molar-refractivity contribution in [1.29, 1.82) is 0 Å². The van der Waals surface area contributed by atoms with E-state index in [4.69, 9.17) is 24.4 Å². The fraction of sp³-hybridized carbons (Fsp3) is 0.207. The number of carbonyl (C=O) groups is 2. The van der Waals surface area contributed by atoms with Gasteiger partial charge in [-0.1, -0.05) is 0 Å². The Morgan fingerprint density at radius 1 is 1.02 bits per heavy atom. The predicted molar refractivity (Wildman–Crippen MR) is 153 cm³/mol. The van der Waals surface area contributed by atoms with Crippen LogP contribution in [0.3, 0.4) is 0 Å². The number of furan rings is 1. The number of halogens is 1. The van der Waals surface area contributed by atoms with Crippen LogP contribution in [0.4, 0.5) is 0 Å². The highest BCUT2D eigenvalue weighted by molar-refractivity contribution is 9.10. The lowest BCUT2D eigenvalue weighted by molar-refractivity contribution is -0.119. The first-order valence-electron chi connectivity index (χ1n) is 12.4. The largest absolute Gasteiger partial charge is 0.490 e. The number of aryl methyl sites for hydroxylation is 2. The Morgan fingerprint density at radius 3 is 2.42 bits per heavy atom. The summed E-state index contributed by atoms with van der Waals surface area (Å²) in [6.45, 7) is 6.19. The average Bonchev–Trinajstić information content (AvgIpc) is 3.53. The zero-order valence-corrected chi connectivity index (χ0v) is 23.9. The molecule has 0 saturated heterocycles. The molecule has 2 amide bonds. The number of benzene rings is 2. The summed E-state index contributed by atoms with van der Waals surface area (Å²) in [4.78, 5) is 23.6. The van der Waals surface area contributed by atoms with E-state index in [1.165, 1.54) is 6.21 Å². The van der Waals surface area contributed by atoms with Crippen molar-refractivity contribution in [3.8, 4) is 22.9 Å². The first-order valence-corrected chi connectivity index (χ1v) is 13.2. The summed E-state index contributed by atoms with van der Waals surface area (Å²) in [6.07, 6.45) is 1.44. The van der Waals surface area contributed by atoms with Crippen LogP contribution in [-0.2, 0) is 11.4 Å².